The number of pyridine rings is 1. The van der Waals surface area contributed by atoms with Crippen molar-refractivity contribution in [3.05, 3.63) is 30.0 Å². The van der Waals surface area contributed by atoms with E-state index in [0.29, 0.717) is 17.4 Å². The molecule has 0 aromatic carbocycles. The van der Waals surface area contributed by atoms with E-state index in [4.69, 9.17) is 4.52 Å². The van der Waals surface area contributed by atoms with Crippen molar-refractivity contribution >= 4 is 0 Å². The van der Waals surface area contributed by atoms with Crippen LogP contribution in [0.2, 0.25) is 0 Å². The number of hydrogen-bond donors (Lipinski definition) is 0. The first kappa shape index (κ1) is 9.76. The summed E-state index contributed by atoms with van der Waals surface area (Å²) >= 11 is 0. The maximum atomic E-state index is 12.6. The Kier molecular flexibility index (Phi) is 2.45. The molecular formula is C10H10FN3O. The average molecular weight is 207 g/mol. The van der Waals surface area contributed by atoms with Gasteiger partial charge < -0.3 is 4.52 Å². The predicted octanol–water partition coefficient (Wildman–Crippen LogP) is 2.39. The molecule has 0 saturated carbocycles. The van der Waals surface area contributed by atoms with E-state index >= 15 is 0 Å². The van der Waals surface area contributed by atoms with Crippen LogP contribution in [0.1, 0.15) is 25.6 Å². The number of hydrogen-bond acceptors (Lipinski definition) is 4. The number of halogens is 1. The average Bonchev–Trinajstić information content (AvgIpc) is 2.68. The van der Waals surface area contributed by atoms with Gasteiger partial charge in [-0.15, -0.1) is 0 Å². The van der Waals surface area contributed by atoms with E-state index in [-0.39, 0.29) is 11.7 Å². The molecule has 0 atom stereocenters. The van der Waals surface area contributed by atoms with Crippen LogP contribution in [0, 0.1) is 5.82 Å². The van der Waals surface area contributed by atoms with Gasteiger partial charge in [0, 0.05) is 5.92 Å². The third-order valence-electron chi connectivity index (χ3n) is 1.90. The number of nitrogens with zero attached hydrogens (tertiary/aromatic N) is 3. The molecule has 2 aromatic rings. The summed E-state index contributed by atoms with van der Waals surface area (Å²) in [4.78, 5) is 8.00. The fourth-order valence-corrected chi connectivity index (χ4v) is 1.08. The van der Waals surface area contributed by atoms with Crippen LogP contribution in [-0.2, 0) is 0 Å². The summed E-state index contributed by atoms with van der Waals surface area (Å²) in [5, 5.41) is 3.79. The van der Waals surface area contributed by atoms with Crippen molar-refractivity contribution in [3.8, 4) is 11.6 Å². The summed E-state index contributed by atoms with van der Waals surface area (Å²) in [6, 6.07) is 2.81. The van der Waals surface area contributed by atoms with Gasteiger partial charge in [-0.3, -0.25) is 0 Å². The van der Waals surface area contributed by atoms with Crippen LogP contribution in [0.25, 0.3) is 11.6 Å². The zero-order valence-electron chi connectivity index (χ0n) is 8.44. The number of aromatic nitrogens is 3. The lowest BCUT2D eigenvalue weighted by Crippen LogP contribution is -1.90. The summed E-state index contributed by atoms with van der Waals surface area (Å²) in [6.07, 6.45) is 1.12. The lowest BCUT2D eigenvalue weighted by molar-refractivity contribution is 0.418. The van der Waals surface area contributed by atoms with Crippen LogP contribution in [-0.4, -0.2) is 15.1 Å². The summed E-state index contributed by atoms with van der Waals surface area (Å²) in [5.41, 5.74) is 0.482. The normalized spacial score (nSPS) is 10.9. The van der Waals surface area contributed by atoms with E-state index in [1.165, 1.54) is 12.1 Å². The Hall–Kier alpha value is -1.78. The first-order valence-corrected chi connectivity index (χ1v) is 4.62. The predicted molar refractivity (Wildman–Crippen MR) is 51.6 cm³/mol. The Morgan fingerprint density at radius 3 is 2.67 bits per heavy atom. The highest BCUT2D eigenvalue weighted by Crippen LogP contribution is 2.17. The van der Waals surface area contributed by atoms with Crippen molar-refractivity contribution in [2.45, 2.75) is 19.8 Å². The van der Waals surface area contributed by atoms with Crippen LogP contribution in [0.3, 0.4) is 0 Å². The fraction of sp³-hybridized carbons (Fsp3) is 0.300. The summed E-state index contributed by atoms with van der Waals surface area (Å²) in [5.74, 6) is 0.750. The summed E-state index contributed by atoms with van der Waals surface area (Å²) < 4.78 is 17.6. The Morgan fingerprint density at radius 2 is 2.13 bits per heavy atom. The largest absolute Gasteiger partial charge is 0.332 e. The molecular weight excluding hydrogens is 197 g/mol. The van der Waals surface area contributed by atoms with Gasteiger partial charge in [-0.05, 0) is 12.1 Å². The topological polar surface area (TPSA) is 51.8 Å². The Balaban J connectivity index is 2.33. The molecule has 0 unspecified atom stereocenters. The van der Waals surface area contributed by atoms with Gasteiger partial charge in [0.1, 0.15) is 11.5 Å². The van der Waals surface area contributed by atoms with E-state index in [1.807, 2.05) is 13.8 Å². The molecule has 0 aliphatic carbocycles. The highest BCUT2D eigenvalue weighted by molar-refractivity contribution is 5.45. The van der Waals surface area contributed by atoms with Crippen LogP contribution in [0.5, 0.6) is 0 Å². The molecule has 15 heavy (non-hydrogen) atoms. The Morgan fingerprint density at radius 1 is 1.33 bits per heavy atom. The molecule has 0 spiro atoms. The summed E-state index contributed by atoms with van der Waals surface area (Å²) in [7, 11) is 0. The van der Waals surface area contributed by atoms with Crippen LogP contribution < -0.4 is 0 Å². The molecule has 2 heterocycles. The second kappa shape index (κ2) is 3.76. The number of rotatable bonds is 2. The highest BCUT2D eigenvalue weighted by atomic mass is 19.1. The molecule has 0 radical (unpaired) electrons. The molecule has 0 amide bonds. The van der Waals surface area contributed by atoms with Crippen molar-refractivity contribution in [2.24, 2.45) is 0 Å². The molecule has 5 heteroatoms. The van der Waals surface area contributed by atoms with Crippen LogP contribution >= 0.6 is 0 Å². The van der Waals surface area contributed by atoms with Gasteiger partial charge in [-0.2, -0.15) is 4.98 Å². The van der Waals surface area contributed by atoms with Crippen LogP contribution in [0.4, 0.5) is 4.39 Å². The van der Waals surface area contributed by atoms with Crippen LogP contribution in [0.15, 0.2) is 22.9 Å². The zero-order chi connectivity index (χ0) is 10.8. The SMILES string of the molecule is CC(C)c1noc(-c2ccc(F)cn2)n1. The molecule has 0 N–H and O–H groups in total. The van der Waals surface area contributed by atoms with E-state index < -0.39 is 0 Å². The molecule has 78 valence electrons. The van der Waals surface area contributed by atoms with Gasteiger partial charge in [0.05, 0.1) is 6.20 Å². The zero-order valence-corrected chi connectivity index (χ0v) is 8.44. The molecule has 0 bridgehead atoms. The molecule has 0 saturated heterocycles. The highest BCUT2D eigenvalue weighted by Gasteiger charge is 2.12. The Labute approximate surface area is 86.2 Å². The van der Waals surface area contributed by atoms with Gasteiger partial charge in [0.25, 0.3) is 5.89 Å². The Bertz CT molecular complexity index is 450. The van der Waals surface area contributed by atoms with Crippen molar-refractivity contribution in [1.82, 2.24) is 15.1 Å². The molecule has 0 aliphatic rings. The maximum Gasteiger partial charge on any atom is 0.276 e. The van der Waals surface area contributed by atoms with Gasteiger partial charge in [0.2, 0.25) is 0 Å². The third-order valence-corrected chi connectivity index (χ3v) is 1.90. The van der Waals surface area contributed by atoms with Gasteiger partial charge in [-0.1, -0.05) is 19.0 Å². The van der Waals surface area contributed by atoms with E-state index in [2.05, 4.69) is 15.1 Å². The van der Waals surface area contributed by atoms with E-state index in [0.717, 1.165) is 6.20 Å². The molecule has 2 aromatic heterocycles. The minimum absolute atomic E-state index is 0.197. The lowest BCUT2D eigenvalue weighted by atomic mass is 10.2. The van der Waals surface area contributed by atoms with Gasteiger partial charge in [0.15, 0.2) is 5.82 Å². The minimum Gasteiger partial charge on any atom is -0.332 e. The first-order valence-electron chi connectivity index (χ1n) is 4.62. The van der Waals surface area contributed by atoms with E-state index in [9.17, 15) is 4.39 Å². The van der Waals surface area contributed by atoms with Gasteiger partial charge >= 0.3 is 0 Å². The molecule has 0 fully saturated rings. The molecule has 4 nitrogen and oxygen atoms in total. The maximum absolute atomic E-state index is 12.6. The van der Waals surface area contributed by atoms with Crippen molar-refractivity contribution in [2.75, 3.05) is 0 Å². The third kappa shape index (κ3) is 2.01. The first-order chi connectivity index (χ1) is 7.16. The second-order valence-electron chi connectivity index (χ2n) is 3.47. The van der Waals surface area contributed by atoms with Gasteiger partial charge in [-0.25, -0.2) is 9.37 Å². The standard InChI is InChI=1S/C10H10FN3O/c1-6(2)9-13-10(15-14-9)8-4-3-7(11)5-12-8/h3-6H,1-2H3. The van der Waals surface area contributed by atoms with Crippen molar-refractivity contribution in [3.63, 3.8) is 0 Å². The smallest absolute Gasteiger partial charge is 0.276 e. The minimum atomic E-state index is -0.387. The molecule has 2 rings (SSSR count). The van der Waals surface area contributed by atoms with Crippen molar-refractivity contribution in [1.29, 1.82) is 0 Å². The quantitative estimate of drug-likeness (QED) is 0.758. The molecule has 0 aliphatic heterocycles. The lowest BCUT2D eigenvalue weighted by Gasteiger charge is -1.93. The van der Waals surface area contributed by atoms with Crippen molar-refractivity contribution < 1.29 is 8.91 Å². The summed E-state index contributed by atoms with van der Waals surface area (Å²) in [6.45, 7) is 3.93. The fourth-order valence-electron chi connectivity index (χ4n) is 1.08. The monoisotopic (exact) mass is 207 g/mol. The second-order valence-corrected chi connectivity index (χ2v) is 3.47. The van der Waals surface area contributed by atoms with E-state index in [1.54, 1.807) is 0 Å².